The van der Waals surface area contributed by atoms with E-state index in [-0.39, 0.29) is 34.7 Å². The fourth-order valence-corrected chi connectivity index (χ4v) is 7.48. The van der Waals surface area contributed by atoms with Gasteiger partial charge in [-0.05, 0) is 28.7 Å². The Labute approximate surface area is 263 Å². The molecule has 12 nitrogen and oxygen atoms in total. The number of fused-ring (bicyclic) bond motifs is 1. The molecule has 6 rings (SSSR count). The molecule has 0 radical (unpaired) electrons. The molecule has 4 heterocycles. The predicted molar refractivity (Wildman–Crippen MR) is 167 cm³/mol. The Morgan fingerprint density at radius 1 is 1.14 bits per heavy atom. The molecule has 0 saturated carbocycles. The van der Waals surface area contributed by atoms with Gasteiger partial charge < -0.3 is 25.9 Å². The van der Waals surface area contributed by atoms with Crippen molar-refractivity contribution in [3.63, 3.8) is 0 Å². The van der Waals surface area contributed by atoms with Crippen LogP contribution in [0, 0.1) is 5.41 Å². The van der Waals surface area contributed by atoms with Crippen LogP contribution < -0.4 is 11.1 Å². The van der Waals surface area contributed by atoms with Crippen molar-refractivity contribution in [1.82, 2.24) is 24.8 Å². The second-order valence-corrected chi connectivity index (χ2v) is 12.7. The number of nitrogens with two attached hydrogens (primary N) is 1. The number of thioether (sulfide) groups is 1. The first-order valence-corrected chi connectivity index (χ1v) is 16.1. The van der Waals surface area contributed by atoms with Gasteiger partial charge in [-0.25, -0.2) is 4.98 Å². The number of nitrogens with one attached hydrogen (secondary N) is 1. The van der Waals surface area contributed by atoms with Gasteiger partial charge >= 0.3 is 5.97 Å². The number of amides is 2. The molecule has 3 atom stereocenters. The Kier molecular flexibility index (Phi) is 8.41. The van der Waals surface area contributed by atoms with Gasteiger partial charge in [0.1, 0.15) is 22.5 Å². The van der Waals surface area contributed by atoms with Crippen molar-refractivity contribution >= 4 is 69.3 Å². The molecule has 2 aliphatic rings. The Balaban J connectivity index is 1.24. The number of β-lactam (4-membered cyclic amide) rings is 1. The number of nitrogen functional groups attached to an aromatic ring is 1. The number of aromatic nitrogens is 3. The minimum Gasteiger partial charge on any atom is -0.452 e. The van der Waals surface area contributed by atoms with Crippen LogP contribution in [-0.4, -0.2) is 71.9 Å². The first-order chi connectivity index (χ1) is 21.4. The van der Waals surface area contributed by atoms with Crippen molar-refractivity contribution in [2.45, 2.75) is 17.5 Å². The van der Waals surface area contributed by atoms with Crippen LogP contribution >= 0.6 is 34.6 Å². The van der Waals surface area contributed by atoms with E-state index in [1.807, 2.05) is 60.7 Å². The van der Waals surface area contributed by atoms with Crippen molar-refractivity contribution in [2.75, 3.05) is 18.0 Å². The molecular formula is C29H25N7O5S3. The summed E-state index contributed by atoms with van der Waals surface area (Å²) in [5, 5.41) is 22.2. The van der Waals surface area contributed by atoms with E-state index in [9.17, 15) is 19.6 Å². The van der Waals surface area contributed by atoms with E-state index in [0.717, 1.165) is 22.5 Å². The maximum Gasteiger partial charge on any atom is 0.319 e. The molecule has 2 unspecified atom stereocenters. The molecule has 0 spiro atoms. The summed E-state index contributed by atoms with van der Waals surface area (Å²) in [4.78, 5) is 46.0. The molecule has 44 heavy (non-hydrogen) atoms. The Morgan fingerprint density at radius 3 is 2.43 bits per heavy atom. The minimum absolute atomic E-state index is 0.0304. The number of oxime groups is 1. The third-order valence-electron chi connectivity index (χ3n) is 7.26. The van der Waals surface area contributed by atoms with Gasteiger partial charge in [-0.3, -0.25) is 14.4 Å². The number of thiazole rings is 1. The summed E-state index contributed by atoms with van der Waals surface area (Å²) in [6, 6.07) is 18.0. The standard InChI is InChI=1S/C29H25N7O5S3/c30-28-31-20(14-42-28)21(34-40)24(37)32-22-25(38)36-15-29(16-43-26(22)36,12-11-19-13-44-35-33-19)27(39)41-23(17-7-3-1-4-8-17)18-9-5-2-6-10-18/h1-14,22-23,26,40H,15-16H2,(H2,30,31)(H,32,37)/t22?,26-,29?/m1/s1. The summed E-state index contributed by atoms with van der Waals surface area (Å²) < 4.78 is 10.2. The number of carbonyl (C=O) groups is 3. The van der Waals surface area contributed by atoms with Crippen molar-refractivity contribution in [3.05, 3.63) is 100 Å². The van der Waals surface area contributed by atoms with Gasteiger partial charge in [0.25, 0.3) is 5.91 Å². The highest BCUT2D eigenvalue weighted by molar-refractivity contribution is 8.00. The molecule has 2 amide bonds. The molecule has 4 aromatic rings. The normalized spacial score (nSPS) is 21.6. The number of esters is 1. The molecule has 2 saturated heterocycles. The van der Waals surface area contributed by atoms with Crippen LogP contribution in [0.1, 0.15) is 28.6 Å². The fourth-order valence-electron chi connectivity index (χ4n) is 5.00. The smallest absolute Gasteiger partial charge is 0.319 e. The molecule has 224 valence electrons. The van der Waals surface area contributed by atoms with Gasteiger partial charge in [0.05, 0.1) is 5.69 Å². The maximum atomic E-state index is 14.2. The zero-order chi connectivity index (χ0) is 30.7. The molecule has 2 fully saturated rings. The molecule has 2 aromatic carbocycles. The summed E-state index contributed by atoms with van der Waals surface area (Å²) in [5.74, 6) is -1.39. The van der Waals surface area contributed by atoms with E-state index in [0.29, 0.717) is 5.69 Å². The van der Waals surface area contributed by atoms with Gasteiger partial charge in [-0.2, -0.15) is 0 Å². The monoisotopic (exact) mass is 647 g/mol. The average molecular weight is 648 g/mol. The largest absolute Gasteiger partial charge is 0.452 e. The van der Waals surface area contributed by atoms with Gasteiger partial charge in [0.15, 0.2) is 16.9 Å². The lowest BCUT2D eigenvalue weighted by Crippen LogP contribution is -2.74. The second-order valence-electron chi connectivity index (χ2n) is 10.1. The number of nitrogens with zero attached hydrogens (tertiary/aromatic N) is 5. The fraction of sp³-hybridized carbons (Fsp3) is 0.207. The molecule has 2 aliphatic heterocycles. The van der Waals surface area contributed by atoms with Crippen LogP contribution in [0.15, 0.2) is 82.7 Å². The highest BCUT2D eigenvalue weighted by Crippen LogP contribution is 2.45. The molecule has 0 bridgehead atoms. The van der Waals surface area contributed by atoms with E-state index < -0.39 is 34.8 Å². The summed E-state index contributed by atoms with van der Waals surface area (Å²) in [6.45, 7) is 0.0304. The molecular weight excluding hydrogens is 623 g/mol. The van der Waals surface area contributed by atoms with Gasteiger partial charge in [-0.1, -0.05) is 76.4 Å². The van der Waals surface area contributed by atoms with Crippen LogP contribution in [-0.2, 0) is 19.1 Å². The zero-order valence-corrected chi connectivity index (χ0v) is 25.3. The second kappa shape index (κ2) is 12.6. The highest BCUT2D eigenvalue weighted by Gasteiger charge is 2.57. The minimum atomic E-state index is -1.22. The quantitative estimate of drug-likeness (QED) is 0.0805. The maximum absolute atomic E-state index is 14.2. The Hall–Kier alpha value is -4.60. The van der Waals surface area contributed by atoms with Crippen molar-refractivity contribution in [3.8, 4) is 0 Å². The number of carbonyl (C=O) groups excluding carboxylic acids is 3. The summed E-state index contributed by atoms with van der Waals surface area (Å²) in [6.07, 6.45) is 2.76. The lowest BCUT2D eigenvalue weighted by molar-refractivity contribution is -0.162. The van der Waals surface area contributed by atoms with Crippen LogP contribution in [0.4, 0.5) is 5.13 Å². The highest BCUT2D eigenvalue weighted by atomic mass is 32.2. The van der Waals surface area contributed by atoms with Crippen LogP contribution in [0.3, 0.4) is 0 Å². The van der Waals surface area contributed by atoms with E-state index >= 15 is 0 Å². The molecule has 4 N–H and O–H groups in total. The van der Waals surface area contributed by atoms with Crippen LogP contribution in [0.2, 0.25) is 0 Å². The lowest BCUT2D eigenvalue weighted by Gasteiger charge is -2.53. The van der Waals surface area contributed by atoms with Gasteiger partial charge in [0, 0.05) is 23.1 Å². The van der Waals surface area contributed by atoms with E-state index in [4.69, 9.17) is 10.5 Å². The Bertz CT molecular complexity index is 1680. The lowest BCUT2D eigenvalue weighted by atomic mass is 9.86. The van der Waals surface area contributed by atoms with E-state index in [2.05, 4.69) is 25.0 Å². The average Bonchev–Trinajstić information content (AvgIpc) is 3.74. The number of hydrogen-bond acceptors (Lipinski definition) is 13. The van der Waals surface area contributed by atoms with Crippen LogP contribution in [0.5, 0.6) is 0 Å². The predicted octanol–water partition coefficient (Wildman–Crippen LogP) is 3.19. The third kappa shape index (κ3) is 5.80. The number of anilines is 1. The first kappa shape index (κ1) is 29.5. The number of hydrogen-bond donors (Lipinski definition) is 3. The SMILES string of the molecule is Nc1nc(C(=NO)C(=O)NC2C(=O)N3CC(C=Cc4csnn4)(C(=O)OC(c4ccccc4)c4ccccc4)CS[C@H]23)cs1. The van der Waals surface area contributed by atoms with E-state index in [1.165, 1.54) is 28.7 Å². The van der Waals surface area contributed by atoms with Crippen molar-refractivity contribution in [1.29, 1.82) is 0 Å². The number of benzene rings is 2. The molecule has 15 heteroatoms. The van der Waals surface area contributed by atoms with Crippen LogP contribution in [0.25, 0.3) is 6.08 Å². The molecule has 0 aliphatic carbocycles. The Morgan fingerprint density at radius 2 is 1.84 bits per heavy atom. The summed E-state index contributed by atoms with van der Waals surface area (Å²) in [7, 11) is 0. The van der Waals surface area contributed by atoms with Crippen molar-refractivity contribution in [2.24, 2.45) is 10.6 Å². The molecule has 2 aromatic heterocycles. The topological polar surface area (TPSA) is 173 Å². The summed E-state index contributed by atoms with van der Waals surface area (Å²) in [5.41, 5.74) is 6.37. The number of rotatable bonds is 9. The third-order valence-corrected chi connectivity index (χ3v) is 10.0. The zero-order valence-electron chi connectivity index (χ0n) is 22.8. The summed E-state index contributed by atoms with van der Waals surface area (Å²) >= 11 is 3.62. The first-order valence-electron chi connectivity index (χ1n) is 13.3. The van der Waals surface area contributed by atoms with Gasteiger partial charge in [0.2, 0.25) is 5.91 Å². The van der Waals surface area contributed by atoms with Crippen molar-refractivity contribution < 1.29 is 24.3 Å². The number of ether oxygens (including phenoxy) is 1. The van der Waals surface area contributed by atoms with E-state index in [1.54, 1.807) is 22.4 Å². The van der Waals surface area contributed by atoms with Gasteiger partial charge in [-0.15, -0.1) is 28.2 Å².